The third-order valence-electron chi connectivity index (χ3n) is 8.37. The lowest BCUT2D eigenvalue weighted by Gasteiger charge is -2.45. The van der Waals surface area contributed by atoms with Crippen molar-refractivity contribution >= 4 is 55.1 Å². The molecule has 2 aromatic heterocycles. The van der Waals surface area contributed by atoms with Crippen LogP contribution in [0.2, 0.25) is 5.02 Å². The van der Waals surface area contributed by atoms with Crippen LogP contribution in [0.3, 0.4) is 0 Å². The first-order chi connectivity index (χ1) is 19.3. The molecule has 0 bridgehead atoms. The summed E-state index contributed by atoms with van der Waals surface area (Å²) in [6, 6.07) is 8.17. The maximum absolute atomic E-state index is 13.4. The summed E-state index contributed by atoms with van der Waals surface area (Å²) in [5.74, 6) is 0. The fourth-order valence-electron chi connectivity index (χ4n) is 6.61. The lowest BCUT2D eigenvalue weighted by Crippen LogP contribution is -2.53. The second-order valence-electron chi connectivity index (χ2n) is 12.5. The van der Waals surface area contributed by atoms with Crippen LogP contribution in [0.25, 0.3) is 21.3 Å². The van der Waals surface area contributed by atoms with Gasteiger partial charge in [-0.05, 0) is 89.1 Å². The molecule has 2 aliphatic heterocycles. The minimum Gasteiger partial charge on any atom is -0.444 e. The van der Waals surface area contributed by atoms with E-state index in [1.807, 2.05) is 43.9 Å². The molecule has 0 N–H and O–H groups in total. The highest BCUT2D eigenvalue weighted by molar-refractivity contribution is 7.85. The molecule has 2 fully saturated rings. The van der Waals surface area contributed by atoms with Crippen molar-refractivity contribution in [3.8, 4) is 11.1 Å². The highest BCUT2D eigenvalue weighted by Crippen LogP contribution is 2.50. The number of rotatable bonds is 5. The van der Waals surface area contributed by atoms with Crippen LogP contribution in [-0.4, -0.2) is 60.9 Å². The average molecular weight is 618 g/mol. The van der Waals surface area contributed by atoms with Gasteiger partial charge in [-0.1, -0.05) is 11.6 Å². The molecule has 0 unspecified atom stereocenters. The van der Waals surface area contributed by atoms with E-state index in [1.54, 1.807) is 6.20 Å². The van der Waals surface area contributed by atoms with Gasteiger partial charge in [-0.3, -0.25) is 9.17 Å². The van der Waals surface area contributed by atoms with Gasteiger partial charge in [0.15, 0.2) is 0 Å². The van der Waals surface area contributed by atoms with E-state index in [4.69, 9.17) is 20.5 Å². The third-order valence-corrected chi connectivity index (χ3v) is 10.3. The molecule has 0 radical (unpaired) electrons. The number of aromatic nitrogens is 1. The maximum atomic E-state index is 13.4. The van der Waals surface area contributed by atoms with E-state index in [9.17, 15) is 13.2 Å². The number of hydrogen-bond acceptors (Lipinski definition) is 8. The highest BCUT2D eigenvalue weighted by atomic mass is 35.5. The highest BCUT2D eigenvalue weighted by Gasteiger charge is 2.54. The fraction of sp³-hybridized carbons (Fsp3) is 0.533. The molecule has 11 heteroatoms. The molecule has 1 saturated heterocycles. The van der Waals surface area contributed by atoms with E-state index in [2.05, 4.69) is 16.0 Å². The van der Waals surface area contributed by atoms with Gasteiger partial charge < -0.3 is 14.5 Å². The summed E-state index contributed by atoms with van der Waals surface area (Å²) in [5.41, 5.74) is 4.54. The lowest BCUT2D eigenvalue weighted by atomic mass is 9.74. The summed E-state index contributed by atoms with van der Waals surface area (Å²) < 4.78 is 35.1. The van der Waals surface area contributed by atoms with Gasteiger partial charge in [0, 0.05) is 57.6 Å². The smallest absolute Gasteiger partial charge is 0.410 e. The van der Waals surface area contributed by atoms with Crippen LogP contribution in [0.5, 0.6) is 0 Å². The van der Waals surface area contributed by atoms with Gasteiger partial charge in [-0.15, -0.1) is 11.3 Å². The van der Waals surface area contributed by atoms with Gasteiger partial charge in [-0.2, -0.15) is 8.42 Å². The van der Waals surface area contributed by atoms with E-state index < -0.39 is 15.7 Å². The molecular weight excluding hydrogens is 582 g/mol. The van der Waals surface area contributed by atoms with Crippen molar-refractivity contribution < 1.29 is 22.1 Å². The summed E-state index contributed by atoms with van der Waals surface area (Å²) in [7, 11) is -3.56. The fourth-order valence-corrected chi connectivity index (χ4v) is 8.33. The van der Waals surface area contributed by atoms with Crippen molar-refractivity contribution in [1.29, 1.82) is 0 Å². The first kappa shape index (κ1) is 28.7. The maximum Gasteiger partial charge on any atom is 0.410 e. The number of carbonyl (C=O) groups excluding carboxylic acids is 1. The van der Waals surface area contributed by atoms with Gasteiger partial charge in [-0.25, -0.2) is 4.79 Å². The Hall–Kier alpha value is -2.40. The number of hydrogen-bond donors (Lipinski definition) is 0. The molecule has 6 rings (SSSR count). The largest absolute Gasteiger partial charge is 0.444 e. The zero-order valence-corrected chi connectivity index (χ0v) is 26.3. The van der Waals surface area contributed by atoms with Crippen LogP contribution in [0.4, 0.5) is 10.5 Å². The van der Waals surface area contributed by atoms with Crippen LogP contribution in [0.15, 0.2) is 30.5 Å². The second kappa shape index (κ2) is 10.4. The normalized spacial score (nSPS) is 20.4. The Kier molecular flexibility index (Phi) is 7.28. The SMILES string of the molecule is CC(C)(C)OC(=O)N1C[C@@H](N2CCCc3cc(Cl)cc(-c4ccnc5cc(COS(C)(=O)=O)sc45)c32)CC12CCC2. The number of amides is 1. The monoisotopic (exact) mass is 617 g/mol. The van der Waals surface area contributed by atoms with E-state index in [1.165, 1.54) is 22.6 Å². The van der Waals surface area contributed by atoms with Crippen LogP contribution >= 0.6 is 22.9 Å². The Morgan fingerprint density at radius 2 is 1.98 bits per heavy atom. The first-order valence-electron chi connectivity index (χ1n) is 14.1. The Morgan fingerprint density at radius 1 is 1.20 bits per heavy atom. The quantitative estimate of drug-likeness (QED) is 0.292. The number of aryl methyl sites for hydroxylation is 1. The van der Waals surface area contributed by atoms with Crippen molar-refractivity contribution in [3.63, 3.8) is 0 Å². The zero-order chi connectivity index (χ0) is 29.2. The molecule has 8 nitrogen and oxygen atoms in total. The Bertz CT molecular complexity index is 1610. The van der Waals surface area contributed by atoms with Crippen molar-refractivity contribution in [2.45, 2.75) is 83.1 Å². The molecule has 1 aromatic carbocycles. The number of fused-ring (bicyclic) bond motifs is 2. The van der Waals surface area contributed by atoms with Crippen LogP contribution in [0, 0.1) is 0 Å². The minimum atomic E-state index is -3.56. The van der Waals surface area contributed by atoms with Crippen LogP contribution in [-0.2, 0) is 32.1 Å². The van der Waals surface area contributed by atoms with Gasteiger partial charge >= 0.3 is 6.09 Å². The van der Waals surface area contributed by atoms with Crippen molar-refractivity contribution in [2.24, 2.45) is 0 Å². The minimum absolute atomic E-state index is 0.0241. The first-order valence-corrected chi connectivity index (χ1v) is 17.1. The molecule has 4 heterocycles. The molecule has 1 aliphatic carbocycles. The Labute approximate surface area is 250 Å². The summed E-state index contributed by atoms with van der Waals surface area (Å²) in [6.07, 6.45) is 8.64. The Balaban J connectivity index is 1.39. The van der Waals surface area contributed by atoms with Gasteiger partial charge in [0.2, 0.25) is 0 Å². The number of thiophene rings is 1. The van der Waals surface area contributed by atoms with Crippen molar-refractivity contribution in [1.82, 2.24) is 9.88 Å². The van der Waals surface area contributed by atoms with Crippen molar-refractivity contribution in [2.75, 3.05) is 24.2 Å². The third kappa shape index (κ3) is 5.68. The predicted molar refractivity (Wildman–Crippen MR) is 163 cm³/mol. The molecule has 220 valence electrons. The molecule has 3 aromatic rings. The standard InChI is InChI=1S/C30H36ClN3O5S2/c1-29(2,3)39-28(35)34-17-21(16-30(34)9-6-10-30)33-12-5-7-19-13-20(31)14-24(26(19)33)23-8-11-32-25-15-22(40-27(23)25)18-38-41(4,36)37/h8,11,13-15,21H,5-7,9-10,12,16-18H2,1-4H3/t21-/m0/s1. The number of halogens is 1. The second-order valence-corrected chi connectivity index (χ2v) is 15.8. The Morgan fingerprint density at radius 3 is 2.66 bits per heavy atom. The number of nitrogens with zero attached hydrogens (tertiary/aromatic N) is 3. The summed E-state index contributed by atoms with van der Waals surface area (Å²) in [5, 5.41) is 0.681. The van der Waals surface area contributed by atoms with Gasteiger partial charge in [0.1, 0.15) is 12.2 Å². The molecule has 1 spiro atoms. The molecule has 1 saturated carbocycles. The van der Waals surface area contributed by atoms with Gasteiger partial charge in [0.25, 0.3) is 10.1 Å². The molecule has 41 heavy (non-hydrogen) atoms. The number of benzene rings is 1. The van der Waals surface area contributed by atoms with E-state index >= 15 is 0 Å². The summed E-state index contributed by atoms with van der Waals surface area (Å²) in [4.78, 5) is 23.2. The topological polar surface area (TPSA) is 89.0 Å². The number of likely N-dealkylation sites (tertiary alicyclic amines) is 1. The van der Waals surface area contributed by atoms with Gasteiger partial charge in [0.05, 0.1) is 16.5 Å². The molecule has 1 atom stereocenters. The number of carbonyl (C=O) groups is 1. The molecule has 3 aliphatic rings. The predicted octanol–water partition coefficient (Wildman–Crippen LogP) is 6.78. The average Bonchev–Trinajstić information content (AvgIpc) is 3.47. The molecule has 1 amide bonds. The van der Waals surface area contributed by atoms with E-state index in [0.717, 1.165) is 77.5 Å². The lowest BCUT2D eigenvalue weighted by molar-refractivity contribution is -0.00979. The van der Waals surface area contributed by atoms with E-state index in [0.29, 0.717) is 11.6 Å². The summed E-state index contributed by atoms with van der Waals surface area (Å²) >= 11 is 8.20. The van der Waals surface area contributed by atoms with E-state index in [-0.39, 0.29) is 24.3 Å². The number of pyridine rings is 1. The molecular formula is C30H36ClN3O5S2. The van der Waals surface area contributed by atoms with Crippen LogP contribution < -0.4 is 4.90 Å². The van der Waals surface area contributed by atoms with Crippen LogP contribution in [0.1, 0.15) is 63.3 Å². The summed E-state index contributed by atoms with van der Waals surface area (Å²) in [6.45, 7) is 7.26. The van der Waals surface area contributed by atoms with Crippen molar-refractivity contribution in [3.05, 3.63) is 45.9 Å². The zero-order valence-electron chi connectivity index (χ0n) is 23.9. The number of anilines is 1. The number of ether oxygens (including phenoxy) is 1.